The first-order valence-electron chi connectivity index (χ1n) is 13.4. The Kier molecular flexibility index (Phi) is 8.05. The molecule has 1 amide bonds. The number of nitrogens with one attached hydrogen (secondary N) is 1. The van der Waals surface area contributed by atoms with Gasteiger partial charge < -0.3 is 15.0 Å². The van der Waals surface area contributed by atoms with E-state index in [0.717, 1.165) is 32.7 Å². The number of halogens is 2. The second-order valence-corrected chi connectivity index (χ2v) is 11.8. The lowest BCUT2D eigenvalue weighted by Gasteiger charge is -2.44. The number of anilines is 1. The van der Waals surface area contributed by atoms with Crippen molar-refractivity contribution in [1.29, 1.82) is 0 Å². The van der Waals surface area contributed by atoms with Crippen LogP contribution in [0.3, 0.4) is 0 Å². The Bertz CT molecular complexity index is 933. The van der Waals surface area contributed by atoms with Crippen molar-refractivity contribution in [3.8, 4) is 0 Å². The predicted molar refractivity (Wildman–Crippen MR) is 138 cm³/mol. The monoisotopic (exact) mass is 507 g/mol. The van der Waals surface area contributed by atoms with Gasteiger partial charge in [-0.25, -0.2) is 8.78 Å². The van der Waals surface area contributed by atoms with E-state index in [2.05, 4.69) is 40.9 Å². The number of piperazine rings is 1. The van der Waals surface area contributed by atoms with E-state index in [4.69, 9.17) is 4.74 Å². The highest BCUT2D eigenvalue weighted by molar-refractivity contribution is 5.97. The molecule has 2 saturated heterocycles. The average Bonchev–Trinajstić information content (AvgIpc) is 3.05. The molecule has 202 valence electrons. The molecule has 9 heteroatoms. The van der Waals surface area contributed by atoms with E-state index in [1.54, 1.807) is 11.8 Å². The fourth-order valence-corrected chi connectivity index (χ4v) is 6.01. The first kappa shape index (κ1) is 27.4. The summed E-state index contributed by atoms with van der Waals surface area (Å²) >= 11 is 0. The van der Waals surface area contributed by atoms with Crippen molar-refractivity contribution in [2.45, 2.75) is 90.0 Å². The van der Waals surface area contributed by atoms with E-state index in [1.807, 2.05) is 13.8 Å². The Morgan fingerprint density at radius 2 is 1.92 bits per heavy atom. The van der Waals surface area contributed by atoms with Crippen LogP contribution in [0.4, 0.5) is 14.5 Å². The minimum Gasteiger partial charge on any atom is -0.373 e. The van der Waals surface area contributed by atoms with Gasteiger partial charge in [0, 0.05) is 74.9 Å². The summed E-state index contributed by atoms with van der Waals surface area (Å²) in [5.41, 5.74) is 0.755. The number of hydrogen-bond acceptors (Lipinski definition) is 6. The van der Waals surface area contributed by atoms with Gasteiger partial charge >= 0.3 is 0 Å². The molecule has 4 heterocycles. The van der Waals surface area contributed by atoms with E-state index < -0.39 is 5.92 Å². The van der Waals surface area contributed by atoms with Gasteiger partial charge in [-0.3, -0.25) is 19.6 Å². The van der Waals surface area contributed by atoms with Crippen LogP contribution in [0.5, 0.6) is 0 Å². The summed E-state index contributed by atoms with van der Waals surface area (Å²) in [6, 6.07) is 1.97. The van der Waals surface area contributed by atoms with Crippen LogP contribution in [-0.2, 0) is 20.9 Å². The van der Waals surface area contributed by atoms with Gasteiger partial charge in [0.25, 0.3) is 5.92 Å². The second-order valence-electron chi connectivity index (χ2n) is 11.8. The second kappa shape index (κ2) is 10.6. The summed E-state index contributed by atoms with van der Waals surface area (Å²) < 4.78 is 35.3. The molecule has 3 aliphatic heterocycles. The van der Waals surface area contributed by atoms with Gasteiger partial charge in [0.15, 0.2) is 0 Å². The van der Waals surface area contributed by atoms with E-state index in [0.29, 0.717) is 24.3 Å². The number of fused-ring (bicyclic) bond motifs is 1. The minimum absolute atomic E-state index is 0.0533. The third kappa shape index (κ3) is 5.90. The van der Waals surface area contributed by atoms with Gasteiger partial charge in [0.05, 0.1) is 30.1 Å². The zero-order valence-corrected chi connectivity index (χ0v) is 22.7. The third-order valence-corrected chi connectivity index (χ3v) is 7.67. The molecule has 4 rings (SSSR count). The van der Waals surface area contributed by atoms with Gasteiger partial charge in [0.2, 0.25) is 5.91 Å². The number of carbonyl (C=O) groups is 1. The number of carbonyl (C=O) groups excluding carboxylic acids is 1. The molecule has 2 fully saturated rings. The molecule has 3 aliphatic rings. The lowest BCUT2D eigenvalue weighted by Crippen LogP contribution is -2.62. The number of pyridine rings is 1. The van der Waals surface area contributed by atoms with Crippen LogP contribution in [0.25, 0.3) is 0 Å². The van der Waals surface area contributed by atoms with E-state index in [1.165, 1.54) is 12.3 Å². The molecule has 0 radical (unpaired) electrons. The Morgan fingerprint density at radius 3 is 2.58 bits per heavy atom. The Balaban J connectivity index is 1.52. The summed E-state index contributed by atoms with van der Waals surface area (Å²) in [5, 5.41) is 3.56. The van der Waals surface area contributed by atoms with Gasteiger partial charge in [-0.1, -0.05) is 27.2 Å². The number of amides is 1. The zero-order chi connectivity index (χ0) is 26.3. The van der Waals surface area contributed by atoms with Crippen LogP contribution in [0.15, 0.2) is 12.3 Å². The topological polar surface area (TPSA) is 60.9 Å². The summed E-state index contributed by atoms with van der Waals surface area (Å²) in [6.07, 6.45) is 1.82. The summed E-state index contributed by atoms with van der Waals surface area (Å²) in [4.78, 5) is 24.5. The SMILES string of the molecule is CCCC(F)(F)c1cnc2c(c1)N(C(=O)CN1C[C@@H](C)NC[C@@H]1CN1C[C@@H](C)O[C@@H](C)C1)CC2(C)C. The smallest absolute Gasteiger partial charge is 0.274 e. The van der Waals surface area contributed by atoms with Crippen molar-refractivity contribution in [2.75, 3.05) is 50.7 Å². The maximum Gasteiger partial charge on any atom is 0.274 e. The molecule has 1 aromatic heterocycles. The number of aromatic nitrogens is 1. The molecule has 36 heavy (non-hydrogen) atoms. The number of alkyl halides is 2. The Morgan fingerprint density at radius 1 is 1.22 bits per heavy atom. The predicted octanol–water partition coefficient (Wildman–Crippen LogP) is 3.37. The number of ether oxygens (including phenoxy) is 1. The molecule has 0 saturated carbocycles. The van der Waals surface area contributed by atoms with Crippen molar-refractivity contribution in [3.05, 3.63) is 23.5 Å². The van der Waals surface area contributed by atoms with E-state index >= 15 is 0 Å². The zero-order valence-electron chi connectivity index (χ0n) is 22.7. The highest BCUT2D eigenvalue weighted by Crippen LogP contribution is 2.42. The Hall–Kier alpha value is -1.68. The molecule has 4 atom stereocenters. The fourth-order valence-electron chi connectivity index (χ4n) is 6.01. The van der Waals surface area contributed by atoms with Crippen LogP contribution >= 0.6 is 0 Å². The number of nitrogens with zero attached hydrogens (tertiary/aromatic N) is 4. The molecular formula is C27H43F2N5O2. The molecular weight excluding hydrogens is 464 g/mol. The molecule has 0 aliphatic carbocycles. The first-order chi connectivity index (χ1) is 16.9. The minimum atomic E-state index is -2.95. The highest BCUT2D eigenvalue weighted by Gasteiger charge is 2.42. The number of hydrogen-bond donors (Lipinski definition) is 1. The summed E-state index contributed by atoms with van der Waals surface area (Å²) in [6.45, 7) is 17.0. The molecule has 0 bridgehead atoms. The van der Waals surface area contributed by atoms with Crippen LogP contribution in [0.1, 0.15) is 65.6 Å². The molecule has 1 aromatic rings. The number of morpholine rings is 1. The van der Waals surface area contributed by atoms with Crippen LogP contribution in [0.2, 0.25) is 0 Å². The van der Waals surface area contributed by atoms with Crippen molar-refractivity contribution in [2.24, 2.45) is 0 Å². The quantitative estimate of drug-likeness (QED) is 0.611. The number of rotatable bonds is 7. The molecule has 7 nitrogen and oxygen atoms in total. The fraction of sp³-hybridized carbons (Fsp3) is 0.778. The molecule has 0 spiro atoms. The van der Waals surface area contributed by atoms with E-state index in [9.17, 15) is 13.6 Å². The van der Waals surface area contributed by atoms with Gasteiger partial charge in [-0.2, -0.15) is 0 Å². The maximum absolute atomic E-state index is 14.7. The van der Waals surface area contributed by atoms with E-state index in [-0.39, 0.29) is 54.1 Å². The molecule has 1 N–H and O–H groups in total. The van der Waals surface area contributed by atoms with Crippen LogP contribution < -0.4 is 10.2 Å². The van der Waals surface area contributed by atoms with Crippen molar-refractivity contribution in [3.63, 3.8) is 0 Å². The van der Waals surface area contributed by atoms with Crippen molar-refractivity contribution in [1.82, 2.24) is 20.1 Å². The van der Waals surface area contributed by atoms with Gasteiger partial charge in [-0.05, 0) is 26.8 Å². The maximum atomic E-state index is 14.7. The Labute approximate surface area is 214 Å². The normalized spacial score (nSPS) is 29.4. The van der Waals surface area contributed by atoms with Crippen LogP contribution in [0, 0.1) is 0 Å². The van der Waals surface area contributed by atoms with Crippen molar-refractivity contribution >= 4 is 11.6 Å². The third-order valence-electron chi connectivity index (χ3n) is 7.67. The first-order valence-corrected chi connectivity index (χ1v) is 13.4. The summed E-state index contributed by atoms with van der Waals surface area (Å²) in [5.74, 6) is -3.01. The van der Waals surface area contributed by atoms with Crippen molar-refractivity contribution < 1.29 is 18.3 Å². The summed E-state index contributed by atoms with van der Waals surface area (Å²) in [7, 11) is 0. The lowest BCUT2D eigenvalue weighted by atomic mass is 9.91. The highest BCUT2D eigenvalue weighted by atomic mass is 19.3. The average molecular weight is 508 g/mol. The molecule has 0 unspecified atom stereocenters. The standard InChI is InChI=1S/C27H43F2N5O2/c1-7-8-27(28,29)21-9-23-25(31-10-21)26(5,6)17-34(23)24(35)16-33-12-18(2)30-11-22(33)15-32-13-19(3)36-20(4)14-32/h9-10,18-20,22,30H,7-8,11-17H2,1-6H3/t18-,19-,20+,22-/m1/s1. The largest absolute Gasteiger partial charge is 0.373 e. The molecule has 0 aromatic carbocycles. The van der Waals surface area contributed by atoms with Gasteiger partial charge in [-0.15, -0.1) is 0 Å². The van der Waals surface area contributed by atoms with Crippen LogP contribution in [-0.4, -0.2) is 90.8 Å². The lowest BCUT2D eigenvalue weighted by molar-refractivity contribution is -0.121. The van der Waals surface area contributed by atoms with Gasteiger partial charge in [0.1, 0.15) is 0 Å².